The van der Waals surface area contributed by atoms with Crippen molar-refractivity contribution in [2.45, 2.75) is 60.6 Å². The van der Waals surface area contributed by atoms with Crippen LogP contribution in [0.3, 0.4) is 0 Å². The molecule has 0 spiro atoms. The lowest BCUT2D eigenvalue weighted by atomic mass is 9.73. The van der Waals surface area contributed by atoms with Crippen LogP contribution in [0.2, 0.25) is 0 Å². The number of esters is 1. The molecule has 3 unspecified atom stereocenters. The predicted octanol–water partition coefficient (Wildman–Crippen LogP) is 4.56. The zero-order valence-corrected chi connectivity index (χ0v) is 16.6. The molecule has 3 nitrogen and oxygen atoms in total. The largest absolute Gasteiger partial charge is 0.445 e. The third kappa shape index (κ3) is 3.59. The van der Waals surface area contributed by atoms with Crippen molar-refractivity contribution >= 4 is 28.6 Å². The van der Waals surface area contributed by atoms with Crippen LogP contribution in [-0.4, -0.2) is 14.7 Å². The Morgan fingerprint density at radius 1 is 1.20 bits per heavy atom. The number of alkyl halides is 1. The minimum Gasteiger partial charge on any atom is -0.445 e. The molecule has 1 aromatic rings. The van der Waals surface area contributed by atoms with Crippen molar-refractivity contribution < 1.29 is 14.6 Å². The molecule has 0 heterocycles. The van der Waals surface area contributed by atoms with E-state index >= 15 is 0 Å². The lowest BCUT2D eigenvalue weighted by Crippen LogP contribution is -2.48. The van der Waals surface area contributed by atoms with E-state index in [1.165, 1.54) is 0 Å². The summed E-state index contributed by atoms with van der Waals surface area (Å²) in [6, 6.07) is 9.25. The summed E-state index contributed by atoms with van der Waals surface area (Å²) in [6.45, 7) is 0. The third-order valence-electron chi connectivity index (χ3n) is 5.72. The molecule has 0 aromatic heterocycles. The minimum absolute atomic E-state index is 0.0940. The maximum atomic E-state index is 13.2. The van der Waals surface area contributed by atoms with Crippen LogP contribution in [0.5, 0.6) is 0 Å². The molecule has 0 aliphatic heterocycles. The minimum atomic E-state index is -1.60. The van der Waals surface area contributed by atoms with Gasteiger partial charge in [0.15, 0.2) is 9.21 Å². The van der Waals surface area contributed by atoms with Crippen molar-refractivity contribution in [3.63, 3.8) is 0 Å². The highest BCUT2D eigenvalue weighted by Crippen LogP contribution is 2.47. The highest BCUT2D eigenvalue weighted by molar-refractivity contribution is 14.1. The number of terminal acetylenes is 1. The van der Waals surface area contributed by atoms with Crippen LogP contribution in [0.4, 0.5) is 0 Å². The molecule has 2 fully saturated rings. The van der Waals surface area contributed by atoms with E-state index in [2.05, 4.69) is 28.5 Å². The fraction of sp³-hybridized carbons (Fsp3) is 0.571. The van der Waals surface area contributed by atoms with E-state index in [-0.39, 0.29) is 11.8 Å². The standard InChI is InChI=1S/C21H25IO3/c1-2-16-14-9-15-20(16,22)25-19(23)21(24,17-10-5-3-6-11-17)18-12-7-4-8-13-18/h1,3,5-6,10-11,16,18,24H,4,7-9,12-15H2. The molecule has 2 saturated carbocycles. The number of rotatable bonds is 4. The summed E-state index contributed by atoms with van der Waals surface area (Å²) in [5.74, 6) is 2.02. The highest BCUT2D eigenvalue weighted by atomic mass is 127. The Balaban J connectivity index is 1.91. The van der Waals surface area contributed by atoms with E-state index in [1.807, 2.05) is 30.3 Å². The molecular weight excluding hydrogens is 427 g/mol. The van der Waals surface area contributed by atoms with Crippen LogP contribution in [0.15, 0.2) is 30.3 Å². The second-order valence-corrected chi connectivity index (χ2v) is 9.08. The molecule has 1 aromatic carbocycles. The summed E-state index contributed by atoms with van der Waals surface area (Å²) in [7, 11) is 0. The zero-order valence-electron chi connectivity index (χ0n) is 14.4. The number of carbonyl (C=O) groups excluding carboxylic acids is 1. The number of benzene rings is 1. The molecule has 0 amide bonds. The molecule has 2 aliphatic carbocycles. The SMILES string of the molecule is C#CC1CCCC1(I)OC(=O)C(O)(c1ccccc1)C1CCCCC1. The van der Waals surface area contributed by atoms with Gasteiger partial charge in [0.1, 0.15) is 0 Å². The first-order valence-electron chi connectivity index (χ1n) is 9.17. The van der Waals surface area contributed by atoms with Gasteiger partial charge in [-0.3, -0.25) is 0 Å². The molecule has 0 saturated heterocycles. The van der Waals surface area contributed by atoms with E-state index < -0.39 is 15.2 Å². The molecule has 1 N–H and O–H groups in total. The van der Waals surface area contributed by atoms with E-state index in [0.29, 0.717) is 5.56 Å². The van der Waals surface area contributed by atoms with E-state index in [0.717, 1.165) is 51.4 Å². The number of halogens is 1. The van der Waals surface area contributed by atoms with Gasteiger partial charge in [0.25, 0.3) is 0 Å². The Kier molecular flexibility index (Phi) is 5.75. The Morgan fingerprint density at radius 2 is 1.88 bits per heavy atom. The lowest BCUT2D eigenvalue weighted by molar-refractivity contribution is -0.183. The molecule has 0 radical (unpaired) electrons. The van der Waals surface area contributed by atoms with Crippen molar-refractivity contribution in [3.8, 4) is 12.3 Å². The smallest absolute Gasteiger partial charge is 0.344 e. The third-order valence-corrected chi connectivity index (χ3v) is 7.23. The lowest BCUT2D eigenvalue weighted by Gasteiger charge is -2.39. The molecule has 25 heavy (non-hydrogen) atoms. The van der Waals surface area contributed by atoms with Crippen LogP contribution in [0.25, 0.3) is 0 Å². The maximum absolute atomic E-state index is 13.2. The van der Waals surface area contributed by atoms with Crippen molar-refractivity contribution in [3.05, 3.63) is 35.9 Å². The molecular formula is C21H25IO3. The molecule has 3 atom stereocenters. The summed E-state index contributed by atoms with van der Waals surface area (Å²) in [5.41, 5.74) is -0.969. The number of carbonyl (C=O) groups is 1. The van der Waals surface area contributed by atoms with Gasteiger partial charge in [-0.05, 0) is 60.3 Å². The highest BCUT2D eigenvalue weighted by Gasteiger charge is 2.52. The quantitative estimate of drug-likeness (QED) is 0.315. The summed E-state index contributed by atoms with van der Waals surface area (Å²) in [5, 5.41) is 11.6. The van der Waals surface area contributed by atoms with Gasteiger partial charge in [-0.25, -0.2) is 4.79 Å². The Labute approximate surface area is 163 Å². The fourth-order valence-corrected chi connectivity index (χ4v) is 5.30. The van der Waals surface area contributed by atoms with Gasteiger partial charge in [0.05, 0.1) is 5.92 Å². The molecule has 4 heteroatoms. The van der Waals surface area contributed by atoms with Crippen molar-refractivity contribution in [2.24, 2.45) is 11.8 Å². The average Bonchev–Trinajstić information content (AvgIpc) is 3.02. The van der Waals surface area contributed by atoms with Crippen LogP contribution in [0.1, 0.15) is 56.9 Å². The topological polar surface area (TPSA) is 46.5 Å². The summed E-state index contributed by atoms with van der Waals surface area (Å²) in [4.78, 5) is 13.2. The maximum Gasteiger partial charge on any atom is 0.344 e. The van der Waals surface area contributed by atoms with Crippen molar-refractivity contribution in [1.29, 1.82) is 0 Å². The number of hydrogen-bond acceptors (Lipinski definition) is 3. The number of hydrogen-bond donors (Lipinski definition) is 1. The number of ether oxygens (including phenoxy) is 1. The van der Waals surface area contributed by atoms with Gasteiger partial charge in [-0.1, -0.05) is 55.5 Å². The molecule has 134 valence electrons. The van der Waals surface area contributed by atoms with Gasteiger partial charge < -0.3 is 9.84 Å². The van der Waals surface area contributed by atoms with E-state index in [1.54, 1.807) is 0 Å². The average molecular weight is 452 g/mol. The summed E-state index contributed by atoms with van der Waals surface area (Å²) < 4.78 is 5.22. The predicted molar refractivity (Wildman–Crippen MR) is 106 cm³/mol. The number of aliphatic hydroxyl groups is 1. The molecule has 0 bridgehead atoms. The first-order valence-corrected chi connectivity index (χ1v) is 10.2. The zero-order chi connectivity index (χ0) is 17.9. The van der Waals surface area contributed by atoms with Crippen LogP contribution in [0, 0.1) is 24.2 Å². The second kappa shape index (κ2) is 7.67. The Morgan fingerprint density at radius 3 is 2.52 bits per heavy atom. The fourth-order valence-electron chi connectivity index (χ4n) is 4.23. The van der Waals surface area contributed by atoms with Crippen LogP contribution < -0.4 is 0 Å². The van der Waals surface area contributed by atoms with Gasteiger partial charge >= 0.3 is 5.97 Å². The summed E-state index contributed by atoms with van der Waals surface area (Å²) in [6.07, 6.45) is 13.1. The van der Waals surface area contributed by atoms with E-state index in [4.69, 9.17) is 11.2 Å². The van der Waals surface area contributed by atoms with Gasteiger partial charge in [0, 0.05) is 5.92 Å². The normalized spacial score (nSPS) is 29.6. The first kappa shape index (κ1) is 18.7. The van der Waals surface area contributed by atoms with Gasteiger partial charge in [0.2, 0.25) is 0 Å². The second-order valence-electron chi connectivity index (χ2n) is 7.25. The van der Waals surface area contributed by atoms with Gasteiger partial charge in [-0.15, -0.1) is 6.42 Å². The first-order chi connectivity index (χ1) is 12.0. The molecule has 2 aliphatic rings. The van der Waals surface area contributed by atoms with Crippen LogP contribution >= 0.6 is 22.6 Å². The van der Waals surface area contributed by atoms with Crippen LogP contribution in [-0.2, 0) is 15.1 Å². The van der Waals surface area contributed by atoms with Gasteiger partial charge in [-0.2, -0.15) is 0 Å². The van der Waals surface area contributed by atoms with E-state index in [9.17, 15) is 9.90 Å². The molecule has 3 rings (SSSR count). The monoisotopic (exact) mass is 452 g/mol. The summed E-state index contributed by atoms with van der Waals surface area (Å²) >= 11 is 2.18. The Hall–Kier alpha value is -1.06. The Bertz CT molecular complexity index is 647. The van der Waals surface area contributed by atoms with Crippen molar-refractivity contribution in [2.75, 3.05) is 0 Å². The van der Waals surface area contributed by atoms with Crippen molar-refractivity contribution in [1.82, 2.24) is 0 Å².